The van der Waals surface area contributed by atoms with Crippen LogP contribution in [0.5, 0.6) is 11.5 Å². The summed E-state index contributed by atoms with van der Waals surface area (Å²) in [4.78, 5) is 18.2. The Kier molecular flexibility index (Phi) is 15.7. The molecule has 1 fully saturated rings. The lowest BCUT2D eigenvalue weighted by molar-refractivity contribution is -0.304. The number of anilines is 2. The van der Waals surface area contributed by atoms with Crippen molar-refractivity contribution in [2.45, 2.75) is 77.5 Å². The molecule has 4 aromatic rings. The molecule has 2 aliphatic heterocycles. The van der Waals surface area contributed by atoms with Gasteiger partial charge in [-0.1, -0.05) is 35.5 Å². The van der Waals surface area contributed by atoms with E-state index in [-0.39, 0.29) is 25.7 Å². The van der Waals surface area contributed by atoms with Crippen molar-refractivity contribution < 1.29 is 53.6 Å². The van der Waals surface area contributed by atoms with Crippen LogP contribution in [0, 0.1) is 0 Å². The van der Waals surface area contributed by atoms with E-state index in [2.05, 4.69) is 84.2 Å². The number of benzene rings is 3. The number of hydrogen-bond acceptors (Lipinski definition) is 15. The molecule has 3 aromatic carbocycles. The van der Waals surface area contributed by atoms with Crippen LogP contribution in [-0.2, 0) is 36.8 Å². The first-order valence-corrected chi connectivity index (χ1v) is 20.4. The van der Waals surface area contributed by atoms with Gasteiger partial charge in [0.25, 0.3) is 0 Å². The van der Waals surface area contributed by atoms with E-state index >= 15 is 0 Å². The Morgan fingerprint density at radius 3 is 2.00 bits per heavy atom. The maximum Gasteiger partial charge on any atom is 0.338 e. The van der Waals surface area contributed by atoms with E-state index < -0.39 is 43.3 Å². The van der Waals surface area contributed by atoms with Crippen molar-refractivity contribution in [3.8, 4) is 11.5 Å². The quantitative estimate of drug-likeness (QED) is 0.0622. The fourth-order valence-electron chi connectivity index (χ4n) is 7.46. The first-order valence-electron chi connectivity index (χ1n) is 20.4. The second kappa shape index (κ2) is 21.0. The number of fused-ring (bicyclic) bond motifs is 2. The summed E-state index contributed by atoms with van der Waals surface area (Å²) in [6.45, 7) is 13.0. The smallest absolute Gasteiger partial charge is 0.338 e. The molecule has 1 aromatic heterocycles. The second-order valence-electron chi connectivity index (χ2n) is 14.3. The minimum Gasteiger partial charge on any atom is -0.460 e. The van der Waals surface area contributed by atoms with E-state index in [1.807, 2.05) is 18.2 Å². The second-order valence-corrected chi connectivity index (χ2v) is 14.3. The molecule has 0 aliphatic carbocycles. The van der Waals surface area contributed by atoms with E-state index in [1.165, 1.54) is 0 Å². The Balaban J connectivity index is 0.987. The lowest BCUT2D eigenvalue weighted by Gasteiger charge is -2.39. The van der Waals surface area contributed by atoms with Gasteiger partial charge in [0.15, 0.2) is 6.29 Å². The molecule has 16 heteroatoms. The zero-order chi connectivity index (χ0) is 41.9. The molecule has 0 amide bonds. The number of aliphatic hydroxyl groups is 4. The molecule has 4 N–H and O–H groups in total. The highest BCUT2D eigenvalue weighted by atomic mass is 16.7. The summed E-state index contributed by atoms with van der Waals surface area (Å²) in [6.07, 6.45) is -5.17. The number of hydrogen-bond donors (Lipinski definition) is 4. The van der Waals surface area contributed by atoms with Crippen LogP contribution in [0.15, 0.2) is 66.9 Å². The fraction of sp³-hybridized carbons (Fsp3) is 0.512. The summed E-state index contributed by atoms with van der Waals surface area (Å²) in [7, 11) is 0. The van der Waals surface area contributed by atoms with Crippen LogP contribution in [0.1, 0.15) is 66.4 Å². The highest BCUT2D eigenvalue weighted by molar-refractivity contribution is 5.92. The number of aromatic nitrogens is 3. The number of rotatable bonds is 21. The molecule has 16 nitrogen and oxygen atoms in total. The minimum atomic E-state index is -1.53. The lowest BCUT2D eigenvalue weighted by Crippen LogP contribution is -2.59. The average molecular weight is 820 g/mol. The Hall–Kier alpha value is -4.65. The molecule has 6 rings (SSSR count). The van der Waals surface area contributed by atoms with Gasteiger partial charge in [-0.05, 0) is 51.5 Å². The Morgan fingerprint density at radius 1 is 0.763 bits per heavy atom. The molecule has 59 heavy (non-hydrogen) atoms. The standard InChI is InChI=1S/C43H57N5O11/c1-5-46(6-2)29-13-15-33-35(23-29)58-36-24-30(47(7-3)8-4)14-16-34(36)38(33)31-11-9-10-12-32(31)42(53)56-22-21-55-20-19-54-18-17-48-25-28(44-45-48)27-57-43-41(52)40(51)39(50)37(26-49)59-43/h9-16,23-25,37-41,43,49-52H,5-8,17-22,26-27H2,1-4H3/t37-,39-,40+,41-,43+/m1/s1. The summed E-state index contributed by atoms with van der Waals surface area (Å²) in [5, 5.41) is 47.4. The largest absolute Gasteiger partial charge is 0.460 e. The molecule has 0 unspecified atom stereocenters. The van der Waals surface area contributed by atoms with Gasteiger partial charge >= 0.3 is 5.97 Å². The number of aliphatic hydroxyl groups excluding tert-OH is 4. The van der Waals surface area contributed by atoms with E-state index in [1.54, 1.807) is 16.9 Å². The zero-order valence-corrected chi connectivity index (χ0v) is 34.2. The highest BCUT2D eigenvalue weighted by Crippen LogP contribution is 2.50. The maximum absolute atomic E-state index is 13.7. The molecule has 320 valence electrons. The predicted molar refractivity (Wildman–Crippen MR) is 218 cm³/mol. The SMILES string of the molecule is CCN(CC)c1ccc2c(c1)Oc1cc(N(CC)CC)ccc1C2c1ccccc1C(=O)OCCOCCOCCn1cc(CO[C@H]2O[C@H](CO)[C@@H](O)[C@H](O)[C@H]2O)nn1. The number of carbonyl (C=O) groups excluding carboxylic acids is 1. The molecule has 1 saturated heterocycles. The Bertz CT molecular complexity index is 1890. The molecule has 5 atom stereocenters. The van der Waals surface area contributed by atoms with Gasteiger partial charge in [0, 0.05) is 66.7 Å². The van der Waals surface area contributed by atoms with E-state index in [0.717, 1.165) is 65.7 Å². The molecule has 2 aliphatic rings. The van der Waals surface area contributed by atoms with Crippen molar-refractivity contribution in [3.63, 3.8) is 0 Å². The van der Waals surface area contributed by atoms with Gasteiger partial charge in [0.05, 0.1) is 57.9 Å². The normalized spacial score (nSPS) is 20.1. The van der Waals surface area contributed by atoms with Crippen LogP contribution in [0.4, 0.5) is 11.4 Å². The van der Waals surface area contributed by atoms with Crippen molar-refractivity contribution in [1.82, 2.24) is 15.0 Å². The van der Waals surface area contributed by atoms with Crippen LogP contribution in [-0.4, -0.2) is 138 Å². The number of carbonyl (C=O) groups is 1. The molecule has 0 spiro atoms. The molecule has 0 radical (unpaired) electrons. The van der Waals surface area contributed by atoms with Gasteiger partial charge < -0.3 is 58.6 Å². The topological polar surface area (TPSA) is 191 Å². The van der Waals surface area contributed by atoms with Crippen molar-refractivity contribution in [3.05, 3.63) is 94.8 Å². The van der Waals surface area contributed by atoms with Gasteiger partial charge in [0.1, 0.15) is 48.2 Å². The van der Waals surface area contributed by atoms with Crippen LogP contribution in [0.25, 0.3) is 0 Å². The third-order valence-corrected chi connectivity index (χ3v) is 10.7. The van der Waals surface area contributed by atoms with Crippen LogP contribution < -0.4 is 14.5 Å². The monoisotopic (exact) mass is 819 g/mol. The maximum atomic E-state index is 13.7. The molecular formula is C43H57N5O11. The van der Waals surface area contributed by atoms with Gasteiger partial charge in [-0.3, -0.25) is 0 Å². The Morgan fingerprint density at radius 2 is 1.37 bits per heavy atom. The van der Waals surface area contributed by atoms with E-state index in [9.17, 15) is 25.2 Å². The van der Waals surface area contributed by atoms with Crippen LogP contribution >= 0.6 is 0 Å². The molecule has 0 saturated carbocycles. The average Bonchev–Trinajstić information content (AvgIpc) is 3.72. The fourth-order valence-corrected chi connectivity index (χ4v) is 7.46. The third-order valence-electron chi connectivity index (χ3n) is 10.7. The minimum absolute atomic E-state index is 0.0709. The van der Waals surface area contributed by atoms with Crippen molar-refractivity contribution in [2.75, 3.05) is 75.6 Å². The van der Waals surface area contributed by atoms with Crippen LogP contribution in [0.2, 0.25) is 0 Å². The summed E-state index contributed by atoms with van der Waals surface area (Å²) >= 11 is 0. The first-order chi connectivity index (χ1) is 28.7. The van der Waals surface area contributed by atoms with Crippen molar-refractivity contribution >= 4 is 17.3 Å². The first kappa shape index (κ1) is 43.9. The molecular weight excluding hydrogens is 762 g/mol. The van der Waals surface area contributed by atoms with Gasteiger partial charge in [-0.2, -0.15) is 0 Å². The van der Waals surface area contributed by atoms with E-state index in [0.29, 0.717) is 37.6 Å². The lowest BCUT2D eigenvalue weighted by atomic mass is 9.80. The summed E-state index contributed by atoms with van der Waals surface area (Å²) in [6, 6.07) is 20.3. The molecule has 3 heterocycles. The third kappa shape index (κ3) is 10.4. The summed E-state index contributed by atoms with van der Waals surface area (Å²) in [5.74, 6) is 0.859. The number of esters is 1. The summed E-state index contributed by atoms with van der Waals surface area (Å²) in [5.41, 5.74) is 5.90. The van der Waals surface area contributed by atoms with E-state index in [4.69, 9.17) is 28.4 Å². The zero-order valence-electron chi connectivity index (χ0n) is 34.2. The van der Waals surface area contributed by atoms with Gasteiger partial charge in [-0.25, -0.2) is 9.48 Å². The van der Waals surface area contributed by atoms with Crippen molar-refractivity contribution in [1.29, 1.82) is 0 Å². The Labute approximate surface area is 344 Å². The van der Waals surface area contributed by atoms with Gasteiger partial charge in [0.2, 0.25) is 0 Å². The summed E-state index contributed by atoms with van der Waals surface area (Å²) < 4.78 is 36.1. The molecule has 0 bridgehead atoms. The number of nitrogens with zero attached hydrogens (tertiary/aromatic N) is 5. The predicted octanol–water partition coefficient (Wildman–Crippen LogP) is 3.46. The van der Waals surface area contributed by atoms with Gasteiger partial charge in [-0.15, -0.1) is 5.10 Å². The van der Waals surface area contributed by atoms with Crippen LogP contribution in [0.3, 0.4) is 0 Å². The van der Waals surface area contributed by atoms with Crippen molar-refractivity contribution in [2.24, 2.45) is 0 Å². The number of ether oxygens (including phenoxy) is 6. The highest BCUT2D eigenvalue weighted by Gasteiger charge is 2.44.